The van der Waals surface area contributed by atoms with E-state index in [1.807, 2.05) is 6.07 Å². The van der Waals surface area contributed by atoms with Crippen molar-refractivity contribution in [3.05, 3.63) is 47.8 Å². The van der Waals surface area contributed by atoms with Gasteiger partial charge in [-0.2, -0.15) is 18.3 Å². The van der Waals surface area contributed by atoms with Crippen LogP contribution >= 0.6 is 0 Å². The average molecular weight is 390 g/mol. The van der Waals surface area contributed by atoms with Crippen LogP contribution in [0, 0.1) is 12.8 Å². The molecule has 1 amide bonds. The molecule has 0 radical (unpaired) electrons. The second kappa shape index (κ2) is 6.77. The highest BCUT2D eigenvalue weighted by molar-refractivity contribution is 5.93. The van der Waals surface area contributed by atoms with Gasteiger partial charge in [-0.05, 0) is 25.5 Å². The van der Waals surface area contributed by atoms with Crippen LogP contribution in [0.2, 0.25) is 0 Å². The van der Waals surface area contributed by atoms with Crippen molar-refractivity contribution in [1.29, 1.82) is 0 Å². The van der Waals surface area contributed by atoms with Crippen molar-refractivity contribution in [2.75, 3.05) is 5.32 Å². The van der Waals surface area contributed by atoms with E-state index < -0.39 is 17.9 Å². The summed E-state index contributed by atoms with van der Waals surface area (Å²) in [5.74, 6) is -0.351. The minimum Gasteiger partial charge on any atom is -0.326 e. The van der Waals surface area contributed by atoms with Gasteiger partial charge in [-0.25, -0.2) is 9.97 Å². The number of anilines is 1. The molecule has 0 bridgehead atoms. The first-order chi connectivity index (χ1) is 13.3. The Morgan fingerprint density at radius 3 is 2.89 bits per heavy atom. The Morgan fingerprint density at radius 1 is 1.36 bits per heavy atom. The van der Waals surface area contributed by atoms with E-state index in [0.29, 0.717) is 29.5 Å². The number of rotatable bonds is 3. The van der Waals surface area contributed by atoms with Gasteiger partial charge in [0.1, 0.15) is 5.82 Å². The van der Waals surface area contributed by atoms with Gasteiger partial charge in [0.2, 0.25) is 11.7 Å². The molecule has 4 rings (SSSR count). The first kappa shape index (κ1) is 18.2. The van der Waals surface area contributed by atoms with Gasteiger partial charge in [0, 0.05) is 42.0 Å². The quantitative estimate of drug-likeness (QED) is 0.719. The van der Waals surface area contributed by atoms with Crippen LogP contribution in [0.15, 0.2) is 30.5 Å². The molecule has 3 heterocycles. The topological polar surface area (TPSA) is 88.5 Å². The van der Waals surface area contributed by atoms with Gasteiger partial charge in [0.25, 0.3) is 0 Å². The molecular formula is C18H17F3N6O. The summed E-state index contributed by atoms with van der Waals surface area (Å²) in [6.07, 6.45) is -2.76. The van der Waals surface area contributed by atoms with Gasteiger partial charge >= 0.3 is 6.18 Å². The molecule has 1 aliphatic heterocycles. The van der Waals surface area contributed by atoms with Crippen molar-refractivity contribution in [2.24, 2.45) is 5.92 Å². The van der Waals surface area contributed by atoms with Crippen molar-refractivity contribution in [3.8, 4) is 11.4 Å². The normalized spacial score (nSPS) is 16.6. The fourth-order valence-electron chi connectivity index (χ4n) is 3.37. The van der Waals surface area contributed by atoms with E-state index in [0.717, 1.165) is 10.1 Å². The molecule has 146 valence electrons. The number of benzene rings is 1. The molecule has 1 aromatic carbocycles. The highest BCUT2D eigenvalue weighted by atomic mass is 19.4. The van der Waals surface area contributed by atoms with Gasteiger partial charge in [0.05, 0.1) is 0 Å². The Bertz CT molecular complexity index is 1020. The molecule has 3 aromatic rings. The van der Waals surface area contributed by atoms with Crippen LogP contribution in [0.1, 0.15) is 23.8 Å². The van der Waals surface area contributed by atoms with E-state index in [9.17, 15) is 18.0 Å². The number of halogens is 3. The van der Waals surface area contributed by atoms with Gasteiger partial charge in [-0.3, -0.25) is 9.89 Å². The number of aromatic nitrogens is 5. The van der Waals surface area contributed by atoms with E-state index in [4.69, 9.17) is 0 Å². The number of aryl methyl sites for hydroxylation is 1. The monoisotopic (exact) mass is 390 g/mol. The van der Waals surface area contributed by atoms with Crippen LogP contribution in [0.3, 0.4) is 0 Å². The van der Waals surface area contributed by atoms with Crippen LogP contribution in [0.5, 0.6) is 0 Å². The second-order valence-corrected chi connectivity index (χ2v) is 6.73. The third kappa shape index (κ3) is 3.49. The van der Waals surface area contributed by atoms with Gasteiger partial charge < -0.3 is 9.88 Å². The highest BCUT2D eigenvalue weighted by Crippen LogP contribution is 2.32. The Kier molecular flexibility index (Phi) is 4.40. The molecule has 28 heavy (non-hydrogen) atoms. The summed E-state index contributed by atoms with van der Waals surface area (Å²) in [6, 6.07) is 7.11. The molecule has 0 aliphatic carbocycles. The van der Waals surface area contributed by atoms with Crippen molar-refractivity contribution < 1.29 is 18.0 Å². The van der Waals surface area contributed by atoms with Crippen LogP contribution in [0.4, 0.5) is 18.9 Å². The number of alkyl halides is 3. The molecule has 1 aliphatic rings. The third-order valence-electron chi connectivity index (χ3n) is 4.70. The van der Waals surface area contributed by atoms with Gasteiger partial charge in [-0.15, -0.1) is 0 Å². The number of fused-ring (bicyclic) bond motifs is 1. The molecule has 2 aromatic heterocycles. The Balaban J connectivity index is 1.47. The molecule has 0 saturated heterocycles. The number of H-pyrrole nitrogens is 1. The summed E-state index contributed by atoms with van der Waals surface area (Å²) < 4.78 is 40.0. The van der Waals surface area contributed by atoms with Crippen LogP contribution in [-0.4, -0.2) is 30.6 Å². The predicted molar refractivity (Wildman–Crippen MR) is 94.2 cm³/mol. The van der Waals surface area contributed by atoms with E-state index in [1.165, 1.54) is 6.20 Å². The lowest BCUT2D eigenvalue weighted by atomic mass is 9.95. The summed E-state index contributed by atoms with van der Waals surface area (Å²) in [6.45, 7) is 1.90. The first-order valence-electron chi connectivity index (χ1n) is 8.73. The maximum atomic E-state index is 13.0. The number of amides is 1. The summed E-state index contributed by atoms with van der Waals surface area (Å²) in [4.78, 5) is 20.4. The summed E-state index contributed by atoms with van der Waals surface area (Å²) >= 11 is 0. The van der Waals surface area contributed by atoms with Crippen molar-refractivity contribution in [3.63, 3.8) is 0 Å². The minimum absolute atomic E-state index is 0.110. The Hall–Kier alpha value is -3.17. The Morgan fingerprint density at radius 2 is 2.18 bits per heavy atom. The number of aromatic amines is 1. The zero-order valence-electron chi connectivity index (χ0n) is 14.9. The molecule has 2 N–H and O–H groups in total. The summed E-state index contributed by atoms with van der Waals surface area (Å²) in [5, 5.41) is 9.70. The smallest absolute Gasteiger partial charge is 0.326 e. The summed E-state index contributed by atoms with van der Waals surface area (Å²) in [5.41, 5.74) is 1.75. The lowest BCUT2D eigenvalue weighted by molar-refractivity contribution is -0.147. The summed E-state index contributed by atoms with van der Waals surface area (Å²) in [7, 11) is 0. The minimum atomic E-state index is -4.49. The van der Waals surface area contributed by atoms with Crippen molar-refractivity contribution in [1.82, 2.24) is 24.7 Å². The van der Waals surface area contributed by atoms with E-state index in [2.05, 4.69) is 25.5 Å². The molecule has 1 atom stereocenters. The zero-order valence-corrected chi connectivity index (χ0v) is 14.9. The lowest BCUT2D eigenvalue weighted by Gasteiger charge is -2.24. The first-order valence-corrected chi connectivity index (χ1v) is 8.73. The molecule has 0 spiro atoms. The molecule has 0 saturated carbocycles. The van der Waals surface area contributed by atoms with Crippen molar-refractivity contribution in [2.45, 2.75) is 32.5 Å². The average Bonchev–Trinajstić information content (AvgIpc) is 3.27. The number of carbonyl (C=O) groups is 1. The molecule has 0 unspecified atom stereocenters. The number of hydrogen-bond acceptors (Lipinski definition) is 4. The predicted octanol–water partition coefficient (Wildman–Crippen LogP) is 3.20. The van der Waals surface area contributed by atoms with Crippen LogP contribution < -0.4 is 5.32 Å². The molecular weight excluding hydrogens is 373 g/mol. The Labute approximate surface area is 158 Å². The van der Waals surface area contributed by atoms with E-state index in [1.54, 1.807) is 25.1 Å². The molecule has 7 nitrogen and oxygen atoms in total. The van der Waals surface area contributed by atoms with Crippen molar-refractivity contribution >= 4 is 11.6 Å². The standard InChI is InChI=1S/C18H17F3N6O/c1-10-23-15(26-25-10)11-3-2-4-13(7-11)24-16(28)12-5-6-27-14(8-12)9-22-17(27)18(19,20)21/h2-4,7,9,12H,5-6,8H2,1H3,(H,24,28)(H,23,25,26)/t12-/m1/s1. The fraction of sp³-hybridized carbons (Fsp3) is 0.333. The van der Waals surface area contributed by atoms with Gasteiger partial charge in [-0.1, -0.05) is 12.1 Å². The second-order valence-electron chi connectivity index (χ2n) is 6.73. The van der Waals surface area contributed by atoms with E-state index >= 15 is 0 Å². The fourth-order valence-corrected chi connectivity index (χ4v) is 3.37. The molecule has 10 heteroatoms. The SMILES string of the molecule is Cc1nc(-c2cccc(NC(=O)[C@@H]3CCn4c(cnc4C(F)(F)F)C3)c2)n[nH]1. The number of hydrogen-bond donors (Lipinski definition) is 2. The lowest BCUT2D eigenvalue weighted by Crippen LogP contribution is -2.31. The maximum absolute atomic E-state index is 13.0. The largest absolute Gasteiger partial charge is 0.449 e. The number of imidazole rings is 1. The molecule has 0 fully saturated rings. The van der Waals surface area contributed by atoms with Crippen LogP contribution in [-0.2, 0) is 23.9 Å². The zero-order chi connectivity index (χ0) is 19.9. The number of nitrogens with one attached hydrogen (secondary N) is 2. The van der Waals surface area contributed by atoms with E-state index in [-0.39, 0.29) is 18.9 Å². The number of nitrogens with zero attached hydrogens (tertiary/aromatic N) is 4. The third-order valence-corrected chi connectivity index (χ3v) is 4.70. The highest BCUT2D eigenvalue weighted by Gasteiger charge is 2.39. The maximum Gasteiger partial charge on any atom is 0.449 e. The van der Waals surface area contributed by atoms with Crippen LogP contribution in [0.25, 0.3) is 11.4 Å². The number of carbonyl (C=O) groups excluding carboxylic acids is 1. The van der Waals surface area contributed by atoms with Gasteiger partial charge in [0.15, 0.2) is 5.82 Å².